The van der Waals surface area contributed by atoms with Crippen LogP contribution in [0.5, 0.6) is 0 Å². The van der Waals surface area contributed by atoms with Crippen LogP contribution in [0.3, 0.4) is 0 Å². The summed E-state index contributed by atoms with van der Waals surface area (Å²) in [5, 5.41) is 14.9. The summed E-state index contributed by atoms with van der Waals surface area (Å²) >= 11 is 3.38. The Balaban J connectivity index is 1.89. The monoisotopic (exact) mass is 298 g/mol. The highest BCUT2D eigenvalue weighted by Gasteiger charge is 2.11. The number of nitrogens with zero attached hydrogens (tertiary/aromatic N) is 2. The van der Waals surface area contributed by atoms with Gasteiger partial charge in [-0.15, -0.1) is 11.3 Å². The molecule has 19 heavy (non-hydrogen) atoms. The van der Waals surface area contributed by atoms with Gasteiger partial charge in [-0.05, 0) is 18.5 Å². The molecule has 2 aromatic heterocycles. The second kappa shape index (κ2) is 7.12. The van der Waals surface area contributed by atoms with Crippen LogP contribution in [0.25, 0.3) is 10.6 Å². The zero-order chi connectivity index (χ0) is 13.7. The number of ether oxygens (including phenoxy) is 1. The summed E-state index contributed by atoms with van der Waals surface area (Å²) in [5.41, 5.74) is 1.18. The van der Waals surface area contributed by atoms with Crippen molar-refractivity contribution in [2.45, 2.75) is 12.6 Å². The molecule has 1 atom stereocenters. The summed E-state index contributed by atoms with van der Waals surface area (Å²) < 4.78 is 4.92. The van der Waals surface area contributed by atoms with Crippen LogP contribution in [0.4, 0.5) is 0 Å². The molecule has 1 N–H and O–H groups in total. The van der Waals surface area contributed by atoms with Crippen LogP contribution in [0.1, 0.15) is 4.88 Å². The fourth-order valence-corrected chi connectivity index (χ4v) is 3.54. The lowest BCUT2D eigenvalue weighted by molar-refractivity contribution is 0.0420. The predicted octanol–water partition coefficient (Wildman–Crippen LogP) is 2.31. The molecule has 0 aliphatic heterocycles. The van der Waals surface area contributed by atoms with Crippen molar-refractivity contribution >= 4 is 22.7 Å². The number of thiophene rings is 1. The van der Waals surface area contributed by atoms with Crippen molar-refractivity contribution in [2.75, 3.05) is 27.3 Å². The van der Waals surface area contributed by atoms with E-state index in [-0.39, 0.29) is 0 Å². The van der Waals surface area contributed by atoms with Crippen molar-refractivity contribution in [1.82, 2.24) is 9.88 Å². The molecular weight excluding hydrogens is 280 g/mol. The number of methoxy groups -OCH3 is 1. The Morgan fingerprint density at radius 3 is 3.05 bits per heavy atom. The van der Waals surface area contributed by atoms with Crippen LogP contribution >= 0.6 is 22.7 Å². The van der Waals surface area contributed by atoms with Gasteiger partial charge in [0.2, 0.25) is 0 Å². The van der Waals surface area contributed by atoms with Gasteiger partial charge >= 0.3 is 0 Å². The first-order chi connectivity index (χ1) is 9.19. The summed E-state index contributed by atoms with van der Waals surface area (Å²) in [7, 11) is 3.59. The van der Waals surface area contributed by atoms with E-state index in [0.29, 0.717) is 13.2 Å². The number of rotatable bonds is 7. The molecule has 0 aliphatic rings. The molecule has 0 saturated carbocycles. The molecule has 6 heteroatoms. The van der Waals surface area contributed by atoms with Crippen LogP contribution in [0.2, 0.25) is 0 Å². The number of aliphatic hydroxyl groups is 1. The lowest BCUT2D eigenvalue weighted by Gasteiger charge is -2.18. The topological polar surface area (TPSA) is 45.6 Å². The molecule has 0 radical (unpaired) electrons. The number of thiazole rings is 1. The van der Waals surface area contributed by atoms with Gasteiger partial charge in [-0.1, -0.05) is 0 Å². The molecule has 0 spiro atoms. The quantitative estimate of drug-likeness (QED) is 0.852. The first kappa shape index (κ1) is 14.6. The van der Waals surface area contributed by atoms with Gasteiger partial charge in [0.25, 0.3) is 0 Å². The van der Waals surface area contributed by atoms with E-state index in [2.05, 4.69) is 26.7 Å². The summed E-state index contributed by atoms with van der Waals surface area (Å²) in [4.78, 5) is 7.72. The minimum absolute atomic E-state index is 0.368. The van der Waals surface area contributed by atoms with Gasteiger partial charge in [-0.25, -0.2) is 4.98 Å². The number of hydrogen-bond acceptors (Lipinski definition) is 6. The molecule has 0 aliphatic carbocycles. The number of aromatic nitrogens is 1. The predicted molar refractivity (Wildman–Crippen MR) is 79.6 cm³/mol. The average Bonchev–Trinajstić information content (AvgIpc) is 2.98. The highest BCUT2D eigenvalue weighted by Crippen LogP contribution is 2.27. The SMILES string of the molecule is COCC(O)CN(C)Cc1cnc(-c2ccsc2)s1. The molecule has 4 nitrogen and oxygen atoms in total. The maximum absolute atomic E-state index is 9.68. The van der Waals surface area contributed by atoms with Crippen LogP contribution in [0, 0.1) is 0 Å². The number of aliphatic hydroxyl groups excluding tert-OH is 1. The van der Waals surface area contributed by atoms with Gasteiger partial charge in [0.1, 0.15) is 5.01 Å². The highest BCUT2D eigenvalue weighted by atomic mass is 32.1. The lowest BCUT2D eigenvalue weighted by Crippen LogP contribution is -2.31. The van der Waals surface area contributed by atoms with Crippen LogP contribution < -0.4 is 0 Å². The van der Waals surface area contributed by atoms with E-state index in [1.807, 2.05) is 13.2 Å². The normalized spacial score (nSPS) is 13.1. The van der Waals surface area contributed by atoms with Crippen molar-refractivity contribution in [3.05, 3.63) is 27.9 Å². The maximum Gasteiger partial charge on any atom is 0.124 e. The Morgan fingerprint density at radius 2 is 2.37 bits per heavy atom. The van der Waals surface area contributed by atoms with Gasteiger partial charge in [0.05, 0.1) is 12.7 Å². The van der Waals surface area contributed by atoms with Crippen molar-refractivity contribution in [3.8, 4) is 10.6 Å². The molecular formula is C13H18N2O2S2. The summed E-state index contributed by atoms with van der Waals surface area (Å²) in [6.07, 6.45) is 1.47. The van der Waals surface area contributed by atoms with E-state index < -0.39 is 6.10 Å². The Morgan fingerprint density at radius 1 is 1.53 bits per heavy atom. The second-order valence-corrected chi connectivity index (χ2v) is 6.34. The lowest BCUT2D eigenvalue weighted by atomic mass is 10.3. The summed E-state index contributed by atoms with van der Waals surface area (Å²) in [6.45, 7) is 1.76. The van der Waals surface area contributed by atoms with Gasteiger partial charge in [-0.2, -0.15) is 11.3 Å². The van der Waals surface area contributed by atoms with Gasteiger partial charge in [-0.3, -0.25) is 4.90 Å². The zero-order valence-corrected chi connectivity index (χ0v) is 12.7. The van der Waals surface area contributed by atoms with E-state index >= 15 is 0 Å². The third-order valence-corrected chi connectivity index (χ3v) is 4.34. The first-order valence-electron chi connectivity index (χ1n) is 6.02. The Hall–Kier alpha value is -0.790. The van der Waals surface area contributed by atoms with Crippen molar-refractivity contribution in [2.24, 2.45) is 0 Å². The maximum atomic E-state index is 9.68. The van der Waals surface area contributed by atoms with E-state index in [1.165, 1.54) is 10.4 Å². The van der Waals surface area contributed by atoms with Crippen molar-refractivity contribution in [1.29, 1.82) is 0 Å². The molecule has 104 valence electrons. The minimum atomic E-state index is -0.445. The van der Waals surface area contributed by atoms with Gasteiger partial charge in [0.15, 0.2) is 0 Å². The Bertz CT molecular complexity index is 485. The number of likely N-dealkylation sites (N-methyl/N-ethyl adjacent to an activating group) is 1. The smallest absolute Gasteiger partial charge is 0.124 e. The van der Waals surface area contributed by atoms with E-state index in [0.717, 1.165) is 11.6 Å². The number of hydrogen-bond donors (Lipinski definition) is 1. The standard InChI is InChI=1S/C13H18N2O2S2/c1-15(6-11(16)8-17-2)7-12-5-14-13(19-12)10-3-4-18-9-10/h3-5,9,11,16H,6-8H2,1-2H3. The largest absolute Gasteiger partial charge is 0.389 e. The van der Waals surface area contributed by atoms with Crippen LogP contribution in [-0.4, -0.2) is 48.4 Å². The highest BCUT2D eigenvalue weighted by molar-refractivity contribution is 7.15. The van der Waals surface area contributed by atoms with Crippen molar-refractivity contribution in [3.63, 3.8) is 0 Å². The van der Waals surface area contributed by atoms with E-state index in [9.17, 15) is 5.11 Å². The minimum Gasteiger partial charge on any atom is -0.389 e. The molecule has 1 unspecified atom stereocenters. The van der Waals surface area contributed by atoms with E-state index in [1.54, 1.807) is 29.8 Å². The molecule has 2 aromatic rings. The molecule has 0 aromatic carbocycles. The third-order valence-electron chi connectivity index (χ3n) is 2.63. The van der Waals surface area contributed by atoms with Crippen LogP contribution in [-0.2, 0) is 11.3 Å². The summed E-state index contributed by atoms with van der Waals surface area (Å²) in [5.74, 6) is 0. The Kier molecular flexibility index (Phi) is 5.47. The second-order valence-electron chi connectivity index (χ2n) is 4.45. The van der Waals surface area contributed by atoms with E-state index in [4.69, 9.17) is 4.74 Å². The van der Waals surface area contributed by atoms with Gasteiger partial charge < -0.3 is 9.84 Å². The van der Waals surface area contributed by atoms with Gasteiger partial charge in [0, 0.05) is 42.2 Å². The summed E-state index contributed by atoms with van der Waals surface area (Å²) in [6, 6.07) is 2.08. The van der Waals surface area contributed by atoms with Crippen LogP contribution in [0.15, 0.2) is 23.0 Å². The van der Waals surface area contributed by atoms with Crippen molar-refractivity contribution < 1.29 is 9.84 Å². The third kappa shape index (κ3) is 4.36. The average molecular weight is 298 g/mol. The molecule has 0 amide bonds. The molecule has 0 saturated heterocycles. The molecule has 0 bridgehead atoms. The fourth-order valence-electron chi connectivity index (χ4n) is 1.84. The molecule has 2 heterocycles. The first-order valence-corrected chi connectivity index (χ1v) is 7.77. The fraction of sp³-hybridized carbons (Fsp3) is 0.462. The molecule has 0 fully saturated rings. The Labute approximate surface area is 121 Å². The molecule has 2 rings (SSSR count). The zero-order valence-electron chi connectivity index (χ0n) is 11.1.